The largest absolute Gasteiger partial charge is 0.433 e. The molecule has 0 aliphatic heterocycles. The molecule has 0 aliphatic rings. The fourth-order valence-corrected chi connectivity index (χ4v) is 2.08. The molecule has 0 fully saturated rings. The van der Waals surface area contributed by atoms with Crippen LogP contribution >= 0.6 is 23.7 Å². The number of alkyl halides is 2. The number of nitrogens with one attached hydrogen (secondary N) is 1. The number of aryl methyl sites for hydroxylation is 1. The molecule has 0 saturated carbocycles. The molecule has 1 aromatic rings. The quantitative estimate of drug-likeness (QED) is 0.878. The third-order valence-corrected chi connectivity index (χ3v) is 2.98. The fourth-order valence-electron chi connectivity index (χ4n) is 1.22. The van der Waals surface area contributed by atoms with Gasteiger partial charge in [-0.1, -0.05) is 0 Å². The lowest BCUT2D eigenvalue weighted by molar-refractivity contribution is -0.0498. The van der Waals surface area contributed by atoms with Gasteiger partial charge in [0.2, 0.25) is 0 Å². The normalized spacial score (nSPS) is 11.1. The van der Waals surface area contributed by atoms with E-state index in [1.807, 2.05) is 0 Å². The highest BCUT2D eigenvalue weighted by atomic mass is 35.5. The van der Waals surface area contributed by atoms with E-state index < -0.39 is 18.1 Å². The van der Waals surface area contributed by atoms with Gasteiger partial charge in [-0.25, -0.2) is 0 Å². The SMILES string of the molecule is Cc1cc(OC(F)F)c(C(=O)NCC(C)(C)N)s1.Cl. The summed E-state index contributed by atoms with van der Waals surface area (Å²) in [6.07, 6.45) is 0. The Morgan fingerprint density at radius 3 is 2.63 bits per heavy atom. The van der Waals surface area contributed by atoms with Crippen molar-refractivity contribution in [1.82, 2.24) is 5.32 Å². The van der Waals surface area contributed by atoms with Crippen LogP contribution in [0.15, 0.2) is 6.07 Å². The van der Waals surface area contributed by atoms with Crippen molar-refractivity contribution in [2.75, 3.05) is 6.54 Å². The van der Waals surface area contributed by atoms with E-state index in [0.29, 0.717) is 0 Å². The van der Waals surface area contributed by atoms with Crippen molar-refractivity contribution >= 4 is 29.7 Å². The van der Waals surface area contributed by atoms with Gasteiger partial charge < -0.3 is 15.8 Å². The number of amides is 1. The number of carbonyl (C=O) groups is 1. The van der Waals surface area contributed by atoms with E-state index >= 15 is 0 Å². The smallest absolute Gasteiger partial charge is 0.387 e. The summed E-state index contributed by atoms with van der Waals surface area (Å²) in [5.41, 5.74) is 5.16. The Hall–Kier alpha value is -0.920. The van der Waals surface area contributed by atoms with E-state index in [0.717, 1.165) is 16.2 Å². The minimum absolute atomic E-state index is 0. The van der Waals surface area contributed by atoms with E-state index in [2.05, 4.69) is 10.1 Å². The van der Waals surface area contributed by atoms with E-state index in [-0.39, 0.29) is 29.6 Å². The third kappa shape index (κ3) is 6.17. The van der Waals surface area contributed by atoms with Crippen LogP contribution in [0.1, 0.15) is 28.4 Å². The number of hydrogen-bond acceptors (Lipinski definition) is 4. The van der Waals surface area contributed by atoms with Crippen LogP contribution in [0.3, 0.4) is 0 Å². The Labute approximate surface area is 120 Å². The van der Waals surface area contributed by atoms with Crippen LogP contribution in [-0.2, 0) is 0 Å². The number of carbonyl (C=O) groups excluding carboxylic acids is 1. The number of nitrogens with two attached hydrogens (primary N) is 1. The second-order valence-electron chi connectivity index (χ2n) is 4.60. The molecule has 0 spiro atoms. The molecule has 0 aromatic carbocycles. The number of hydrogen-bond donors (Lipinski definition) is 2. The zero-order chi connectivity index (χ0) is 13.9. The van der Waals surface area contributed by atoms with Crippen LogP contribution in [-0.4, -0.2) is 24.6 Å². The van der Waals surface area contributed by atoms with Crippen molar-refractivity contribution < 1.29 is 18.3 Å². The molecule has 19 heavy (non-hydrogen) atoms. The second-order valence-corrected chi connectivity index (χ2v) is 5.86. The summed E-state index contributed by atoms with van der Waals surface area (Å²) < 4.78 is 28.7. The maximum Gasteiger partial charge on any atom is 0.387 e. The van der Waals surface area contributed by atoms with Crippen molar-refractivity contribution in [1.29, 1.82) is 0 Å². The number of thiophene rings is 1. The average molecular weight is 315 g/mol. The molecule has 4 nitrogen and oxygen atoms in total. The van der Waals surface area contributed by atoms with Crippen LogP contribution in [0.5, 0.6) is 5.75 Å². The molecule has 1 amide bonds. The molecule has 0 aliphatic carbocycles. The fraction of sp³-hybridized carbons (Fsp3) is 0.545. The van der Waals surface area contributed by atoms with Crippen molar-refractivity contribution in [3.8, 4) is 5.75 Å². The van der Waals surface area contributed by atoms with Crippen molar-refractivity contribution in [3.05, 3.63) is 15.8 Å². The van der Waals surface area contributed by atoms with Gasteiger partial charge >= 0.3 is 6.61 Å². The van der Waals surface area contributed by atoms with Crippen molar-refractivity contribution in [2.45, 2.75) is 32.9 Å². The zero-order valence-electron chi connectivity index (χ0n) is 10.8. The van der Waals surface area contributed by atoms with Crippen LogP contribution in [0.2, 0.25) is 0 Å². The first-order chi connectivity index (χ1) is 8.19. The summed E-state index contributed by atoms with van der Waals surface area (Å²) in [4.78, 5) is 12.7. The van der Waals surface area contributed by atoms with Gasteiger partial charge in [-0.2, -0.15) is 8.78 Å². The molecular formula is C11H17ClF2N2O2S. The Bertz CT molecular complexity index is 433. The molecule has 0 bridgehead atoms. The lowest BCUT2D eigenvalue weighted by Gasteiger charge is -2.18. The van der Waals surface area contributed by atoms with E-state index in [1.54, 1.807) is 20.8 Å². The summed E-state index contributed by atoms with van der Waals surface area (Å²) in [6, 6.07) is 1.42. The van der Waals surface area contributed by atoms with Crippen molar-refractivity contribution in [3.63, 3.8) is 0 Å². The molecule has 8 heteroatoms. The summed E-state index contributed by atoms with van der Waals surface area (Å²) in [7, 11) is 0. The van der Waals surface area contributed by atoms with Gasteiger partial charge in [0.15, 0.2) is 0 Å². The molecule has 1 aromatic heterocycles. The predicted octanol–water partition coefficient (Wildman–Crippen LogP) is 2.55. The molecule has 0 atom stereocenters. The highest BCUT2D eigenvalue weighted by Crippen LogP contribution is 2.30. The average Bonchev–Trinajstić information content (AvgIpc) is 2.53. The van der Waals surface area contributed by atoms with Gasteiger partial charge in [0, 0.05) is 17.0 Å². The van der Waals surface area contributed by atoms with Gasteiger partial charge in [0.05, 0.1) is 0 Å². The summed E-state index contributed by atoms with van der Waals surface area (Å²) in [5, 5.41) is 2.59. The molecule has 1 heterocycles. The molecule has 110 valence electrons. The maximum absolute atomic E-state index is 12.2. The molecule has 1 rings (SSSR count). The zero-order valence-corrected chi connectivity index (χ0v) is 12.5. The van der Waals surface area contributed by atoms with E-state index in [4.69, 9.17) is 5.73 Å². The topological polar surface area (TPSA) is 64.3 Å². The number of rotatable bonds is 5. The minimum atomic E-state index is -2.95. The standard InChI is InChI=1S/C11H16F2N2O2S.ClH/c1-6-4-7(17-10(12)13)8(18-6)9(16)15-5-11(2,3)14;/h4,10H,5,14H2,1-3H3,(H,15,16);1H. The molecule has 3 N–H and O–H groups in total. The van der Waals surface area contributed by atoms with Gasteiger partial charge in [0.25, 0.3) is 5.91 Å². The Balaban J connectivity index is 0.00000324. The first kappa shape index (κ1) is 18.1. The van der Waals surface area contributed by atoms with Crippen LogP contribution < -0.4 is 15.8 Å². The first-order valence-corrected chi connectivity index (χ1v) is 6.13. The van der Waals surface area contributed by atoms with Crippen molar-refractivity contribution in [2.24, 2.45) is 5.73 Å². The highest BCUT2D eigenvalue weighted by molar-refractivity contribution is 7.14. The van der Waals surface area contributed by atoms with Crippen LogP contribution in [0.25, 0.3) is 0 Å². The van der Waals surface area contributed by atoms with Gasteiger partial charge in [-0.3, -0.25) is 4.79 Å². The molecule has 0 saturated heterocycles. The Kier molecular flexibility index (Phi) is 6.68. The monoisotopic (exact) mass is 314 g/mol. The number of ether oxygens (including phenoxy) is 1. The van der Waals surface area contributed by atoms with Gasteiger partial charge in [-0.05, 0) is 26.8 Å². The lowest BCUT2D eigenvalue weighted by atomic mass is 10.1. The highest BCUT2D eigenvalue weighted by Gasteiger charge is 2.20. The molecular weight excluding hydrogens is 298 g/mol. The molecule has 0 radical (unpaired) electrons. The predicted molar refractivity (Wildman–Crippen MR) is 73.5 cm³/mol. The summed E-state index contributed by atoms with van der Waals surface area (Å²) in [5.74, 6) is -0.554. The third-order valence-electron chi connectivity index (χ3n) is 1.95. The van der Waals surface area contributed by atoms with Crippen LogP contribution in [0.4, 0.5) is 8.78 Å². The minimum Gasteiger partial charge on any atom is -0.433 e. The Morgan fingerprint density at radius 1 is 1.58 bits per heavy atom. The maximum atomic E-state index is 12.2. The Morgan fingerprint density at radius 2 is 2.16 bits per heavy atom. The van der Waals surface area contributed by atoms with E-state index in [9.17, 15) is 13.6 Å². The van der Waals surface area contributed by atoms with Gasteiger partial charge in [0.1, 0.15) is 10.6 Å². The second kappa shape index (κ2) is 7.02. The van der Waals surface area contributed by atoms with Crippen LogP contribution in [0, 0.1) is 6.92 Å². The lowest BCUT2D eigenvalue weighted by Crippen LogP contribution is -2.45. The van der Waals surface area contributed by atoms with E-state index in [1.165, 1.54) is 6.07 Å². The first-order valence-electron chi connectivity index (χ1n) is 5.31. The molecule has 0 unspecified atom stereocenters. The summed E-state index contributed by atoms with van der Waals surface area (Å²) in [6.45, 7) is 2.52. The summed E-state index contributed by atoms with van der Waals surface area (Å²) >= 11 is 1.10. The van der Waals surface area contributed by atoms with Gasteiger partial charge in [-0.15, -0.1) is 23.7 Å². The number of halogens is 3.